The lowest BCUT2D eigenvalue weighted by molar-refractivity contribution is -0.138. The van der Waals surface area contributed by atoms with Crippen LogP contribution in [0.5, 0.6) is 0 Å². The summed E-state index contributed by atoms with van der Waals surface area (Å²) < 4.78 is 6.24. The zero-order valence-electron chi connectivity index (χ0n) is 24.2. The van der Waals surface area contributed by atoms with E-state index in [-0.39, 0.29) is 5.03 Å². The number of benzene rings is 2. The van der Waals surface area contributed by atoms with Crippen molar-refractivity contribution in [3.8, 4) is 0 Å². The Morgan fingerprint density at radius 1 is 0.825 bits per heavy atom. The molecule has 2 aromatic rings. The molecule has 2 aromatic carbocycles. The molecule has 1 aliphatic rings. The SMILES string of the molecule is CCCCCCCCc1ccccc1C1(OC(=O)c2ccc(CCCCCCC)cc2)C=CC(C(=O)O)C(Cl)=C1. The van der Waals surface area contributed by atoms with Gasteiger partial charge in [-0.05, 0) is 61.1 Å². The maximum atomic E-state index is 13.5. The van der Waals surface area contributed by atoms with E-state index >= 15 is 0 Å². The van der Waals surface area contributed by atoms with Gasteiger partial charge in [-0.1, -0.05) is 126 Å². The van der Waals surface area contributed by atoms with Gasteiger partial charge in [0, 0.05) is 10.6 Å². The molecule has 216 valence electrons. The summed E-state index contributed by atoms with van der Waals surface area (Å²) in [5.41, 5.74) is 2.27. The molecule has 0 saturated heterocycles. The highest BCUT2D eigenvalue weighted by Gasteiger charge is 2.39. The van der Waals surface area contributed by atoms with E-state index in [4.69, 9.17) is 16.3 Å². The third kappa shape index (κ3) is 9.09. The lowest BCUT2D eigenvalue weighted by atomic mass is 9.82. The quantitative estimate of drug-likeness (QED) is 0.118. The van der Waals surface area contributed by atoms with Crippen LogP contribution in [0.15, 0.2) is 71.8 Å². The minimum atomic E-state index is -1.28. The first-order valence-corrected chi connectivity index (χ1v) is 15.5. The highest BCUT2D eigenvalue weighted by molar-refractivity contribution is 6.31. The van der Waals surface area contributed by atoms with Crippen molar-refractivity contribution < 1.29 is 19.4 Å². The van der Waals surface area contributed by atoms with Gasteiger partial charge < -0.3 is 9.84 Å². The van der Waals surface area contributed by atoms with Crippen LogP contribution in [-0.4, -0.2) is 17.0 Å². The summed E-state index contributed by atoms with van der Waals surface area (Å²) >= 11 is 6.51. The van der Waals surface area contributed by atoms with E-state index in [1.165, 1.54) is 63.0 Å². The number of hydrogen-bond donors (Lipinski definition) is 1. The predicted molar refractivity (Wildman–Crippen MR) is 164 cm³/mol. The first-order valence-electron chi connectivity index (χ1n) is 15.1. The maximum absolute atomic E-state index is 13.5. The summed E-state index contributed by atoms with van der Waals surface area (Å²) in [5, 5.41) is 9.75. The topological polar surface area (TPSA) is 63.6 Å². The Hall–Kier alpha value is -2.85. The molecule has 2 unspecified atom stereocenters. The fourth-order valence-corrected chi connectivity index (χ4v) is 5.66. The Morgan fingerprint density at radius 2 is 1.43 bits per heavy atom. The lowest BCUT2D eigenvalue weighted by Crippen LogP contribution is -2.33. The van der Waals surface area contributed by atoms with Crippen molar-refractivity contribution >= 4 is 23.5 Å². The van der Waals surface area contributed by atoms with Crippen LogP contribution in [0.1, 0.15) is 112 Å². The normalized spacial score (nSPS) is 18.4. The molecular weight excluding hydrogens is 520 g/mol. The fraction of sp³-hybridized carbons (Fsp3) is 0.486. The molecule has 2 atom stereocenters. The molecule has 4 nitrogen and oxygen atoms in total. The molecule has 1 aliphatic carbocycles. The summed E-state index contributed by atoms with van der Waals surface area (Å²) in [7, 11) is 0. The predicted octanol–water partition coefficient (Wildman–Crippen LogP) is 9.55. The lowest BCUT2D eigenvalue weighted by Gasteiger charge is -2.33. The molecule has 1 N–H and O–H groups in total. The van der Waals surface area contributed by atoms with E-state index in [2.05, 4.69) is 19.9 Å². The number of carboxylic acids is 1. The maximum Gasteiger partial charge on any atom is 0.339 e. The van der Waals surface area contributed by atoms with E-state index in [1.54, 1.807) is 12.2 Å². The number of hydrogen-bond acceptors (Lipinski definition) is 3. The van der Waals surface area contributed by atoms with E-state index in [9.17, 15) is 14.7 Å². The van der Waals surface area contributed by atoms with Gasteiger partial charge in [-0.25, -0.2) is 4.79 Å². The van der Waals surface area contributed by atoms with Crippen molar-refractivity contribution in [1.29, 1.82) is 0 Å². The minimum Gasteiger partial charge on any atom is -0.481 e. The van der Waals surface area contributed by atoms with Gasteiger partial charge in [-0.3, -0.25) is 4.79 Å². The molecule has 0 bridgehead atoms. The van der Waals surface area contributed by atoms with E-state index < -0.39 is 23.5 Å². The third-order valence-electron chi connectivity index (χ3n) is 7.71. The molecule has 0 amide bonds. The van der Waals surface area contributed by atoms with Gasteiger partial charge in [0.25, 0.3) is 0 Å². The van der Waals surface area contributed by atoms with E-state index in [0.717, 1.165) is 43.2 Å². The largest absolute Gasteiger partial charge is 0.481 e. The van der Waals surface area contributed by atoms with Crippen molar-refractivity contribution in [2.45, 2.75) is 103 Å². The van der Waals surface area contributed by atoms with Crippen LogP contribution in [0.2, 0.25) is 0 Å². The third-order valence-corrected chi connectivity index (χ3v) is 8.05. The van der Waals surface area contributed by atoms with Gasteiger partial charge in [0.1, 0.15) is 5.92 Å². The number of aryl methyl sites for hydroxylation is 2. The molecule has 0 radical (unpaired) electrons. The number of aliphatic carboxylic acids is 1. The number of rotatable bonds is 17. The van der Waals surface area contributed by atoms with Crippen molar-refractivity contribution in [2.75, 3.05) is 0 Å². The number of esters is 1. The van der Waals surface area contributed by atoms with Gasteiger partial charge in [0.05, 0.1) is 5.56 Å². The zero-order chi connectivity index (χ0) is 28.8. The molecule has 40 heavy (non-hydrogen) atoms. The Morgan fingerprint density at radius 3 is 2.05 bits per heavy atom. The van der Waals surface area contributed by atoms with Crippen LogP contribution in [0.3, 0.4) is 0 Å². The van der Waals surface area contributed by atoms with Crippen LogP contribution in [0.25, 0.3) is 0 Å². The molecule has 3 rings (SSSR count). The van der Waals surface area contributed by atoms with Crippen LogP contribution < -0.4 is 0 Å². The summed E-state index contributed by atoms with van der Waals surface area (Å²) in [6, 6.07) is 15.5. The minimum absolute atomic E-state index is 0.135. The van der Waals surface area contributed by atoms with Crippen molar-refractivity contribution in [3.05, 3.63) is 94.0 Å². The van der Waals surface area contributed by atoms with Crippen LogP contribution in [-0.2, 0) is 28.0 Å². The first-order chi connectivity index (χ1) is 19.4. The standard InChI is InChI=1S/C35H45ClO4/c1-3-5-7-9-11-13-17-28-18-14-15-19-31(28)35(25-24-30(33(37)38)32(36)26-35)40-34(39)29-22-20-27(21-23-29)16-12-10-8-6-4-2/h14-15,18-26,30H,3-13,16-17H2,1-2H3,(H,37,38). The molecule has 0 aliphatic heterocycles. The van der Waals surface area contributed by atoms with Crippen molar-refractivity contribution in [1.82, 2.24) is 0 Å². The Labute approximate surface area is 245 Å². The van der Waals surface area contributed by atoms with Crippen molar-refractivity contribution in [2.24, 2.45) is 5.92 Å². The molecular formula is C35H45ClO4. The molecule has 0 saturated carbocycles. The van der Waals surface area contributed by atoms with Gasteiger partial charge in [-0.15, -0.1) is 0 Å². The van der Waals surface area contributed by atoms with Gasteiger partial charge in [0.15, 0.2) is 5.60 Å². The molecule has 5 heteroatoms. The summed E-state index contributed by atoms with van der Waals surface area (Å²) in [4.78, 5) is 25.2. The number of carbonyl (C=O) groups excluding carboxylic acids is 1. The van der Waals surface area contributed by atoms with Gasteiger partial charge >= 0.3 is 11.9 Å². The summed E-state index contributed by atoms with van der Waals surface area (Å²) in [6.07, 6.45) is 19.9. The molecule has 0 spiro atoms. The monoisotopic (exact) mass is 564 g/mol. The van der Waals surface area contributed by atoms with E-state index in [1.807, 2.05) is 42.5 Å². The number of halogens is 1. The average molecular weight is 565 g/mol. The smallest absolute Gasteiger partial charge is 0.339 e. The fourth-order valence-electron chi connectivity index (χ4n) is 5.33. The number of carbonyl (C=O) groups is 2. The average Bonchev–Trinajstić information content (AvgIpc) is 2.95. The van der Waals surface area contributed by atoms with Gasteiger partial charge in [0.2, 0.25) is 0 Å². The van der Waals surface area contributed by atoms with Crippen LogP contribution >= 0.6 is 11.6 Å². The number of unbranched alkanes of at least 4 members (excludes halogenated alkanes) is 9. The second-order valence-corrected chi connectivity index (χ2v) is 11.4. The van der Waals surface area contributed by atoms with Crippen molar-refractivity contribution in [3.63, 3.8) is 0 Å². The highest BCUT2D eigenvalue weighted by atomic mass is 35.5. The first kappa shape index (κ1) is 31.7. The summed E-state index contributed by atoms with van der Waals surface area (Å²) in [5.74, 6) is -2.47. The second kappa shape index (κ2) is 16.4. The second-order valence-electron chi connectivity index (χ2n) is 10.9. The Kier molecular flexibility index (Phi) is 13.0. The summed E-state index contributed by atoms with van der Waals surface area (Å²) in [6.45, 7) is 4.43. The number of carboxylic acid groups (broad SMARTS) is 1. The highest BCUT2D eigenvalue weighted by Crippen LogP contribution is 2.40. The van der Waals surface area contributed by atoms with E-state index in [0.29, 0.717) is 5.56 Å². The number of ether oxygens (including phenoxy) is 1. The van der Waals surface area contributed by atoms with Gasteiger partial charge in [-0.2, -0.15) is 0 Å². The molecule has 0 heterocycles. The molecule has 0 aromatic heterocycles. The Balaban J connectivity index is 1.81. The Bertz CT molecular complexity index is 1150. The molecule has 0 fully saturated rings. The van der Waals surface area contributed by atoms with Crippen LogP contribution in [0.4, 0.5) is 0 Å². The van der Waals surface area contributed by atoms with Crippen LogP contribution in [0, 0.1) is 5.92 Å². The zero-order valence-corrected chi connectivity index (χ0v) is 24.9.